The predicted molar refractivity (Wildman–Crippen MR) is 83.9 cm³/mol. The molecule has 0 saturated carbocycles. The Morgan fingerprint density at radius 2 is 1.90 bits per heavy atom. The van der Waals surface area contributed by atoms with E-state index >= 15 is 0 Å². The zero-order chi connectivity index (χ0) is 16.0. The third kappa shape index (κ3) is 5.81. The molecule has 0 heterocycles. The van der Waals surface area contributed by atoms with Gasteiger partial charge in [-0.05, 0) is 29.5 Å². The lowest BCUT2D eigenvalue weighted by Crippen LogP contribution is -2.44. The fourth-order valence-corrected chi connectivity index (χ4v) is 1.91. The second kappa shape index (κ2) is 7.07. The fraction of sp³-hybridized carbons (Fsp3) is 0.412. The van der Waals surface area contributed by atoms with Gasteiger partial charge in [0.05, 0.1) is 6.42 Å². The van der Waals surface area contributed by atoms with E-state index in [1.807, 2.05) is 52.0 Å². The fourth-order valence-electron chi connectivity index (χ4n) is 1.91. The number of hydrogen-bond donors (Lipinski definition) is 2. The zero-order valence-corrected chi connectivity index (χ0v) is 13.0. The monoisotopic (exact) mass is 289 g/mol. The number of amides is 1. The largest absolute Gasteiger partial charge is 0.481 e. The van der Waals surface area contributed by atoms with Crippen molar-refractivity contribution in [3.63, 3.8) is 0 Å². The first-order chi connectivity index (χ1) is 9.70. The lowest BCUT2D eigenvalue weighted by atomic mass is 9.84. The van der Waals surface area contributed by atoms with E-state index in [2.05, 4.69) is 5.32 Å². The van der Waals surface area contributed by atoms with Gasteiger partial charge in [-0.15, -0.1) is 0 Å². The lowest BCUT2D eigenvalue weighted by molar-refractivity contribution is -0.138. The van der Waals surface area contributed by atoms with E-state index in [0.717, 1.165) is 11.1 Å². The van der Waals surface area contributed by atoms with Crippen LogP contribution in [-0.4, -0.2) is 23.0 Å². The molecule has 0 aliphatic carbocycles. The molecule has 1 aromatic rings. The quantitative estimate of drug-likeness (QED) is 0.819. The predicted octanol–water partition coefficient (Wildman–Crippen LogP) is 3.01. The molecule has 0 saturated heterocycles. The molecule has 4 heteroatoms. The number of hydrogen-bond acceptors (Lipinski definition) is 2. The Morgan fingerprint density at radius 1 is 1.29 bits per heavy atom. The first-order valence-electron chi connectivity index (χ1n) is 6.96. The second-order valence-corrected chi connectivity index (χ2v) is 6.21. The van der Waals surface area contributed by atoms with E-state index in [4.69, 9.17) is 5.11 Å². The van der Waals surface area contributed by atoms with Gasteiger partial charge in [0, 0.05) is 12.1 Å². The molecule has 1 aromatic carbocycles. The maximum Gasteiger partial charge on any atom is 0.305 e. The molecule has 1 atom stereocenters. The van der Waals surface area contributed by atoms with Crippen molar-refractivity contribution in [2.75, 3.05) is 0 Å². The number of carbonyl (C=O) groups excluding carboxylic acids is 1. The Balaban J connectivity index is 2.75. The molecule has 0 fully saturated rings. The van der Waals surface area contributed by atoms with Crippen molar-refractivity contribution in [1.29, 1.82) is 0 Å². The molecule has 0 bridgehead atoms. The Morgan fingerprint density at radius 3 is 2.43 bits per heavy atom. The highest BCUT2D eigenvalue weighted by molar-refractivity contribution is 5.92. The Bertz CT molecular complexity index is 541. The Labute approximate surface area is 125 Å². The normalized spacial score (nSPS) is 13.1. The molecule has 1 unspecified atom stereocenters. The standard InChI is InChI=1S/C17H23NO3/c1-12-7-5-6-8-13(12)9-10-15(19)18-14(11-16(20)21)17(2,3)4/h5-10,14H,11H2,1-4H3,(H,18,19)(H,20,21)/b10-9+. The van der Waals surface area contributed by atoms with Crippen LogP contribution in [0.1, 0.15) is 38.3 Å². The second-order valence-electron chi connectivity index (χ2n) is 6.21. The summed E-state index contributed by atoms with van der Waals surface area (Å²) in [7, 11) is 0. The van der Waals surface area contributed by atoms with E-state index < -0.39 is 12.0 Å². The van der Waals surface area contributed by atoms with Gasteiger partial charge in [0.15, 0.2) is 0 Å². The number of carbonyl (C=O) groups is 2. The molecule has 0 spiro atoms. The Kier molecular flexibility index (Phi) is 5.70. The van der Waals surface area contributed by atoms with Gasteiger partial charge in [-0.25, -0.2) is 0 Å². The molecule has 114 valence electrons. The van der Waals surface area contributed by atoms with Gasteiger partial charge in [0.1, 0.15) is 0 Å². The van der Waals surface area contributed by atoms with E-state index in [1.165, 1.54) is 6.08 Å². The number of aryl methyl sites for hydroxylation is 1. The number of benzene rings is 1. The van der Waals surface area contributed by atoms with E-state index in [-0.39, 0.29) is 17.7 Å². The minimum Gasteiger partial charge on any atom is -0.481 e. The van der Waals surface area contributed by atoms with Crippen LogP contribution in [0.15, 0.2) is 30.3 Å². The van der Waals surface area contributed by atoms with Gasteiger partial charge in [0.2, 0.25) is 5.91 Å². The minimum absolute atomic E-state index is 0.0898. The summed E-state index contributed by atoms with van der Waals surface area (Å²) in [6.45, 7) is 7.70. The first kappa shape index (κ1) is 17.0. The smallest absolute Gasteiger partial charge is 0.305 e. The molecular formula is C17H23NO3. The van der Waals surface area contributed by atoms with Crippen molar-refractivity contribution in [2.24, 2.45) is 5.41 Å². The van der Waals surface area contributed by atoms with Crippen LogP contribution in [0.4, 0.5) is 0 Å². The highest BCUT2D eigenvalue weighted by Gasteiger charge is 2.27. The van der Waals surface area contributed by atoms with Crippen LogP contribution in [0.25, 0.3) is 6.08 Å². The third-order valence-corrected chi connectivity index (χ3v) is 3.34. The molecule has 2 N–H and O–H groups in total. The zero-order valence-electron chi connectivity index (χ0n) is 13.0. The number of carboxylic acids is 1. The summed E-state index contributed by atoms with van der Waals surface area (Å²) in [5, 5.41) is 11.7. The SMILES string of the molecule is Cc1ccccc1/C=C/C(=O)NC(CC(=O)O)C(C)(C)C. The van der Waals surface area contributed by atoms with Crippen molar-refractivity contribution < 1.29 is 14.7 Å². The van der Waals surface area contributed by atoms with Gasteiger partial charge >= 0.3 is 5.97 Å². The van der Waals surface area contributed by atoms with Gasteiger partial charge < -0.3 is 10.4 Å². The molecule has 21 heavy (non-hydrogen) atoms. The summed E-state index contributed by atoms with van der Waals surface area (Å²) >= 11 is 0. The molecule has 0 aliphatic heterocycles. The third-order valence-electron chi connectivity index (χ3n) is 3.34. The lowest BCUT2D eigenvalue weighted by Gasteiger charge is -2.29. The molecule has 0 aliphatic rings. The molecule has 0 aromatic heterocycles. The van der Waals surface area contributed by atoms with Gasteiger partial charge in [-0.1, -0.05) is 45.0 Å². The van der Waals surface area contributed by atoms with Crippen molar-refractivity contribution >= 4 is 18.0 Å². The molecule has 1 rings (SSSR count). The topological polar surface area (TPSA) is 66.4 Å². The molecule has 1 amide bonds. The van der Waals surface area contributed by atoms with Crippen molar-refractivity contribution in [3.8, 4) is 0 Å². The highest BCUT2D eigenvalue weighted by atomic mass is 16.4. The van der Waals surface area contributed by atoms with E-state index in [1.54, 1.807) is 6.08 Å². The average Bonchev–Trinajstić information content (AvgIpc) is 2.35. The van der Waals surface area contributed by atoms with Crippen LogP contribution >= 0.6 is 0 Å². The summed E-state index contributed by atoms with van der Waals surface area (Å²) < 4.78 is 0. The van der Waals surface area contributed by atoms with Crippen molar-refractivity contribution in [1.82, 2.24) is 5.32 Å². The van der Waals surface area contributed by atoms with Gasteiger partial charge in [-0.3, -0.25) is 9.59 Å². The number of rotatable bonds is 5. The van der Waals surface area contributed by atoms with Crippen LogP contribution in [0.5, 0.6) is 0 Å². The van der Waals surface area contributed by atoms with Crippen LogP contribution < -0.4 is 5.32 Å². The van der Waals surface area contributed by atoms with Gasteiger partial charge in [-0.2, -0.15) is 0 Å². The molecule has 0 radical (unpaired) electrons. The number of aliphatic carboxylic acids is 1. The summed E-state index contributed by atoms with van der Waals surface area (Å²) in [6.07, 6.45) is 3.10. The average molecular weight is 289 g/mol. The van der Waals surface area contributed by atoms with Crippen LogP contribution in [0.3, 0.4) is 0 Å². The van der Waals surface area contributed by atoms with Crippen LogP contribution in [-0.2, 0) is 9.59 Å². The molecular weight excluding hydrogens is 266 g/mol. The summed E-state index contributed by atoms with van der Waals surface area (Å²) in [4.78, 5) is 22.9. The Hall–Kier alpha value is -2.10. The van der Waals surface area contributed by atoms with E-state index in [9.17, 15) is 9.59 Å². The van der Waals surface area contributed by atoms with Crippen LogP contribution in [0, 0.1) is 12.3 Å². The van der Waals surface area contributed by atoms with Crippen LogP contribution in [0.2, 0.25) is 0 Å². The summed E-state index contributed by atoms with van der Waals surface area (Å²) in [5.74, 6) is -1.20. The highest BCUT2D eigenvalue weighted by Crippen LogP contribution is 2.22. The van der Waals surface area contributed by atoms with E-state index in [0.29, 0.717) is 0 Å². The maximum atomic E-state index is 12.0. The number of carboxylic acid groups (broad SMARTS) is 1. The minimum atomic E-state index is -0.918. The summed E-state index contributed by atoms with van der Waals surface area (Å²) in [6, 6.07) is 7.34. The van der Waals surface area contributed by atoms with Crippen molar-refractivity contribution in [3.05, 3.63) is 41.5 Å². The first-order valence-corrected chi connectivity index (χ1v) is 6.96. The van der Waals surface area contributed by atoms with Crippen molar-refractivity contribution in [2.45, 2.75) is 40.2 Å². The summed E-state index contributed by atoms with van der Waals surface area (Å²) in [5.41, 5.74) is 1.74. The number of nitrogens with one attached hydrogen (secondary N) is 1. The maximum absolute atomic E-state index is 12.0. The molecule has 4 nitrogen and oxygen atoms in total. The van der Waals surface area contributed by atoms with Gasteiger partial charge in [0.25, 0.3) is 0 Å².